The van der Waals surface area contributed by atoms with Crippen LogP contribution in [0.3, 0.4) is 0 Å². The Balaban J connectivity index is 1.42. The van der Waals surface area contributed by atoms with Crippen molar-refractivity contribution in [3.05, 3.63) is 54.1 Å². The Kier molecular flexibility index (Phi) is 7.97. The van der Waals surface area contributed by atoms with Gasteiger partial charge < -0.3 is 27.5 Å². The van der Waals surface area contributed by atoms with E-state index in [4.69, 9.17) is 4.74 Å². The number of hydrogen-bond acceptors (Lipinski definition) is 8. The molecule has 0 amide bonds. The van der Waals surface area contributed by atoms with Crippen molar-refractivity contribution < 1.29 is 27.0 Å². The lowest BCUT2D eigenvalue weighted by Crippen LogP contribution is -2.49. The number of benzene rings is 2. The molecule has 2 aromatic carbocycles. The van der Waals surface area contributed by atoms with E-state index >= 15 is 0 Å². The van der Waals surface area contributed by atoms with Crippen molar-refractivity contribution in [3.63, 3.8) is 0 Å². The number of piperazine rings is 1. The first kappa shape index (κ1) is 22.4. The zero-order valence-electron chi connectivity index (χ0n) is 16.5. The fraction of sp³-hybridized carbons (Fsp3) is 0.400. The predicted molar refractivity (Wildman–Crippen MR) is 110 cm³/mol. The van der Waals surface area contributed by atoms with Crippen LogP contribution in [0.4, 0.5) is 20.2 Å². The molecule has 1 aliphatic rings. The van der Waals surface area contributed by atoms with Crippen LogP contribution in [-0.2, 0) is 19.3 Å². The van der Waals surface area contributed by atoms with Crippen molar-refractivity contribution in [1.29, 1.82) is 0 Å². The highest BCUT2D eigenvalue weighted by Crippen LogP contribution is 2.20. The molecule has 3 rings (SSSR count). The summed E-state index contributed by atoms with van der Waals surface area (Å²) in [5.74, 6) is -1.13. The van der Waals surface area contributed by atoms with E-state index in [-0.39, 0.29) is 6.61 Å². The zero-order chi connectivity index (χ0) is 21.5. The number of hydrogen-bond donors (Lipinski definition) is 1. The maximum absolute atomic E-state index is 13.4. The number of anilines is 1. The van der Waals surface area contributed by atoms with Gasteiger partial charge in [-0.1, -0.05) is 10.9 Å². The van der Waals surface area contributed by atoms with Crippen LogP contribution in [0, 0.1) is 11.6 Å². The average molecular weight is 440 g/mol. The summed E-state index contributed by atoms with van der Waals surface area (Å²) >= 11 is 0. The summed E-state index contributed by atoms with van der Waals surface area (Å²) in [6.07, 6.45) is -0.676. The maximum atomic E-state index is 13.4. The smallest absolute Gasteiger partial charge is 0.160 e. The number of halogens is 2. The van der Waals surface area contributed by atoms with Crippen LogP contribution in [0.25, 0.3) is 0 Å². The van der Waals surface area contributed by atoms with Crippen LogP contribution in [0.2, 0.25) is 0 Å². The molecule has 0 aromatic heterocycles. The number of aliphatic hydroxyl groups excluding tert-OH is 1. The minimum absolute atomic E-state index is 0.129. The Morgan fingerprint density at radius 2 is 1.80 bits per heavy atom. The van der Waals surface area contributed by atoms with Crippen LogP contribution >= 0.6 is 0 Å². The number of nitrogens with zero attached hydrogens (tertiary/aromatic N) is 3. The van der Waals surface area contributed by atoms with Gasteiger partial charge in [0, 0.05) is 57.3 Å². The SMILES string of the molecule is CO[S-](=O)=Nc1ccc(OCC(O)CN2CCN(c3ccc(F)c(F)c3)CC2)cc1. The van der Waals surface area contributed by atoms with Gasteiger partial charge in [-0.2, -0.15) is 0 Å². The normalized spacial score (nSPS) is 17.1. The first-order chi connectivity index (χ1) is 14.4. The molecular formula is C20H24F2N3O4S-. The van der Waals surface area contributed by atoms with E-state index in [1.165, 1.54) is 13.2 Å². The van der Waals surface area contributed by atoms with E-state index < -0.39 is 28.6 Å². The highest BCUT2D eigenvalue weighted by Gasteiger charge is 2.20. The van der Waals surface area contributed by atoms with E-state index in [2.05, 4.69) is 13.4 Å². The van der Waals surface area contributed by atoms with Gasteiger partial charge >= 0.3 is 0 Å². The standard InChI is InChI=1S/C20H24F2N3O4S/c1-28-30(27)23-15-2-5-18(6-3-15)29-14-17(26)13-24-8-10-25(11-9-24)16-4-7-19(21)20(22)12-16/h2-7,12,17,26H,8-11,13-14H2,1H3/q-1. The lowest BCUT2D eigenvalue weighted by atomic mass is 10.2. The quantitative estimate of drug-likeness (QED) is 0.637. The third-order valence-corrected chi connectivity index (χ3v) is 5.36. The van der Waals surface area contributed by atoms with Crippen molar-refractivity contribution in [2.24, 2.45) is 4.36 Å². The van der Waals surface area contributed by atoms with Gasteiger partial charge in [0.1, 0.15) is 18.5 Å². The second kappa shape index (κ2) is 10.7. The first-order valence-corrected chi connectivity index (χ1v) is 10.5. The Hall–Kier alpha value is -2.27. The third-order valence-electron chi connectivity index (χ3n) is 4.71. The molecule has 1 atom stereocenters. The molecule has 1 fully saturated rings. The molecule has 1 N–H and O–H groups in total. The maximum Gasteiger partial charge on any atom is 0.160 e. The molecule has 164 valence electrons. The van der Waals surface area contributed by atoms with Crippen molar-refractivity contribution in [3.8, 4) is 5.75 Å². The van der Waals surface area contributed by atoms with E-state index in [1.54, 1.807) is 30.3 Å². The third kappa shape index (κ3) is 6.36. The minimum atomic E-state index is -1.72. The second-order valence-electron chi connectivity index (χ2n) is 6.82. The van der Waals surface area contributed by atoms with Gasteiger partial charge in [-0.25, -0.2) is 8.78 Å². The topological polar surface area (TPSA) is 74.6 Å². The molecule has 0 saturated carbocycles. The van der Waals surface area contributed by atoms with Crippen LogP contribution in [0.15, 0.2) is 46.8 Å². The van der Waals surface area contributed by atoms with E-state index in [0.29, 0.717) is 49.8 Å². The van der Waals surface area contributed by atoms with Crippen LogP contribution < -0.4 is 9.64 Å². The van der Waals surface area contributed by atoms with E-state index in [9.17, 15) is 18.1 Å². The molecule has 0 bridgehead atoms. The van der Waals surface area contributed by atoms with E-state index in [0.717, 1.165) is 6.07 Å². The molecule has 7 nitrogen and oxygen atoms in total. The molecule has 1 aliphatic heterocycles. The zero-order valence-corrected chi connectivity index (χ0v) is 17.4. The minimum Gasteiger partial charge on any atom is -0.491 e. The van der Waals surface area contributed by atoms with Crippen LogP contribution in [0.5, 0.6) is 5.75 Å². The highest BCUT2D eigenvalue weighted by atomic mass is 32.2. The van der Waals surface area contributed by atoms with Gasteiger partial charge in [0.15, 0.2) is 11.6 Å². The Bertz CT molecular complexity index is 915. The molecule has 1 heterocycles. The second-order valence-corrected chi connectivity index (χ2v) is 7.77. The number of aliphatic hydroxyl groups is 1. The summed E-state index contributed by atoms with van der Waals surface area (Å²) in [6.45, 7) is 3.29. The first-order valence-electron chi connectivity index (χ1n) is 9.46. The van der Waals surface area contributed by atoms with E-state index in [1.807, 2.05) is 4.90 Å². The number of β-amino-alcohol motifs (C(OH)–C–C–N with tert-alkyl or cyclic N) is 1. The molecule has 1 unspecified atom stereocenters. The number of ether oxygens (including phenoxy) is 1. The fourth-order valence-electron chi connectivity index (χ4n) is 3.14. The largest absolute Gasteiger partial charge is 0.491 e. The monoisotopic (exact) mass is 440 g/mol. The van der Waals surface area contributed by atoms with Gasteiger partial charge in [-0.15, -0.1) is 0 Å². The number of rotatable bonds is 8. The van der Waals surface area contributed by atoms with Crippen LogP contribution in [0.1, 0.15) is 0 Å². The van der Waals surface area contributed by atoms with Crippen molar-refractivity contribution in [1.82, 2.24) is 4.90 Å². The fourth-order valence-corrected chi connectivity index (χ4v) is 3.51. The Morgan fingerprint density at radius 1 is 1.10 bits per heavy atom. The van der Waals surface area contributed by atoms with Gasteiger partial charge in [0.05, 0.1) is 0 Å². The summed E-state index contributed by atoms with van der Waals surface area (Å²) in [4.78, 5) is 4.09. The lowest BCUT2D eigenvalue weighted by molar-refractivity contribution is 0.0663. The summed E-state index contributed by atoms with van der Waals surface area (Å²) < 4.78 is 51.7. The molecule has 0 radical (unpaired) electrons. The van der Waals surface area contributed by atoms with Crippen molar-refractivity contribution in [2.45, 2.75) is 6.10 Å². The van der Waals surface area contributed by atoms with Gasteiger partial charge in [-0.05, 0) is 36.4 Å². The molecule has 1 saturated heterocycles. The van der Waals surface area contributed by atoms with Crippen molar-refractivity contribution >= 4 is 22.3 Å². The summed E-state index contributed by atoms with van der Waals surface area (Å²) in [5, 5.41) is 10.3. The average Bonchev–Trinajstić information content (AvgIpc) is 2.75. The van der Waals surface area contributed by atoms with Gasteiger partial charge in [-0.3, -0.25) is 4.90 Å². The highest BCUT2D eigenvalue weighted by molar-refractivity contribution is 7.69. The molecular weight excluding hydrogens is 416 g/mol. The molecule has 10 heteroatoms. The van der Waals surface area contributed by atoms with Crippen molar-refractivity contribution in [2.75, 3.05) is 51.3 Å². The Morgan fingerprint density at radius 3 is 2.43 bits per heavy atom. The molecule has 0 spiro atoms. The predicted octanol–water partition coefficient (Wildman–Crippen LogP) is 2.87. The summed E-state index contributed by atoms with van der Waals surface area (Å²) in [6, 6.07) is 10.6. The summed E-state index contributed by atoms with van der Waals surface area (Å²) in [7, 11) is -0.411. The van der Waals surface area contributed by atoms with Gasteiger partial charge in [0.2, 0.25) is 0 Å². The van der Waals surface area contributed by atoms with Gasteiger partial charge in [0.25, 0.3) is 0 Å². The molecule has 2 aromatic rings. The molecule has 0 aliphatic carbocycles. The Labute approximate surface area is 176 Å². The molecule has 30 heavy (non-hydrogen) atoms. The van der Waals surface area contributed by atoms with Crippen LogP contribution in [-0.4, -0.2) is 62.6 Å². The summed E-state index contributed by atoms with van der Waals surface area (Å²) in [5.41, 5.74) is 1.16. The lowest BCUT2D eigenvalue weighted by Gasteiger charge is -2.36.